The Hall–Kier alpha value is -4.40. The van der Waals surface area contributed by atoms with Crippen molar-refractivity contribution in [3.63, 3.8) is 0 Å². The maximum atomic E-state index is 14.0. The SMILES string of the molecule is NC(=O)c1ncn2c(C(=O)N3CCCC3c3ccc4c(c3)OCCO4)cc(-c3ccccc3)nc12. The van der Waals surface area contributed by atoms with Gasteiger partial charge < -0.3 is 20.1 Å². The summed E-state index contributed by atoms with van der Waals surface area (Å²) < 4.78 is 13.0. The fraction of sp³-hybridized carbons (Fsp3) is 0.231. The first kappa shape index (κ1) is 21.2. The number of carbonyl (C=O) groups is 2. The van der Waals surface area contributed by atoms with E-state index in [1.165, 1.54) is 6.33 Å². The zero-order valence-corrected chi connectivity index (χ0v) is 18.9. The molecule has 2 aliphatic rings. The van der Waals surface area contributed by atoms with Crippen LogP contribution < -0.4 is 15.2 Å². The van der Waals surface area contributed by atoms with Crippen molar-refractivity contribution in [3.8, 4) is 22.8 Å². The van der Waals surface area contributed by atoms with Crippen molar-refractivity contribution in [1.29, 1.82) is 0 Å². The Labute approximate surface area is 201 Å². The van der Waals surface area contributed by atoms with Crippen LogP contribution in [0.1, 0.15) is 45.4 Å². The number of fused-ring (bicyclic) bond motifs is 2. The van der Waals surface area contributed by atoms with E-state index in [1.807, 2.05) is 53.4 Å². The van der Waals surface area contributed by atoms with Crippen molar-refractivity contribution in [2.75, 3.05) is 19.8 Å². The first-order valence-electron chi connectivity index (χ1n) is 11.5. The van der Waals surface area contributed by atoms with Crippen molar-refractivity contribution in [3.05, 3.63) is 77.9 Å². The molecule has 176 valence electrons. The molecule has 1 saturated heterocycles. The predicted molar refractivity (Wildman–Crippen MR) is 127 cm³/mol. The number of ether oxygens (including phenoxy) is 2. The van der Waals surface area contributed by atoms with Gasteiger partial charge in [-0.05, 0) is 36.6 Å². The van der Waals surface area contributed by atoms with Crippen LogP contribution in [0, 0.1) is 0 Å². The molecule has 0 radical (unpaired) electrons. The van der Waals surface area contributed by atoms with Gasteiger partial charge in [-0.1, -0.05) is 36.4 Å². The third-order valence-electron chi connectivity index (χ3n) is 6.49. The second-order valence-corrected chi connectivity index (χ2v) is 8.60. The standard InChI is InChI=1S/C26H23N5O4/c27-24(32)23-25-29-18(16-5-2-1-3-6-16)14-20(31(25)15-28-23)26(33)30-10-4-7-19(30)17-8-9-21-22(13-17)35-12-11-34-21/h1-3,5-6,8-9,13-15,19H,4,7,10-12H2,(H2,27,32). The number of hydrogen-bond acceptors (Lipinski definition) is 6. The summed E-state index contributed by atoms with van der Waals surface area (Å²) in [5, 5.41) is 0. The minimum atomic E-state index is -0.695. The molecule has 0 bridgehead atoms. The smallest absolute Gasteiger partial charge is 0.271 e. The maximum Gasteiger partial charge on any atom is 0.271 e. The highest BCUT2D eigenvalue weighted by molar-refractivity contribution is 5.99. The average Bonchev–Trinajstić information content (AvgIpc) is 3.56. The van der Waals surface area contributed by atoms with E-state index >= 15 is 0 Å². The van der Waals surface area contributed by atoms with E-state index < -0.39 is 5.91 Å². The number of imidazole rings is 1. The number of aromatic nitrogens is 3. The Morgan fingerprint density at radius 1 is 1.00 bits per heavy atom. The summed E-state index contributed by atoms with van der Waals surface area (Å²) in [6.07, 6.45) is 3.14. The van der Waals surface area contributed by atoms with E-state index in [4.69, 9.17) is 15.2 Å². The van der Waals surface area contributed by atoms with Crippen LogP contribution in [0.5, 0.6) is 11.5 Å². The predicted octanol–water partition coefficient (Wildman–Crippen LogP) is 3.24. The lowest BCUT2D eigenvalue weighted by molar-refractivity contribution is 0.0727. The first-order chi connectivity index (χ1) is 17.1. The number of nitrogens with two attached hydrogens (primary N) is 1. The Morgan fingerprint density at radius 3 is 2.60 bits per heavy atom. The van der Waals surface area contributed by atoms with Crippen LogP contribution in [-0.2, 0) is 0 Å². The van der Waals surface area contributed by atoms with E-state index in [1.54, 1.807) is 10.5 Å². The number of benzene rings is 2. The summed E-state index contributed by atoms with van der Waals surface area (Å²) >= 11 is 0. The van der Waals surface area contributed by atoms with Crippen LogP contribution in [0.3, 0.4) is 0 Å². The fourth-order valence-electron chi connectivity index (χ4n) is 4.84. The third kappa shape index (κ3) is 3.65. The summed E-state index contributed by atoms with van der Waals surface area (Å²) in [5.74, 6) is 0.558. The van der Waals surface area contributed by atoms with Gasteiger partial charge >= 0.3 is 0 Å². The molecule has 9 nitrogen and oxygen atoms in total. The molecular formula is C26H23N5O4. The highest BCUT2D eigenvalue weighted by Crippen LogP contribution is 2.39. The van der Waals surface area contributed by atoms with E-state index in [0.717, 1.165) is 29.7 Å². The summed E-state index contributed by atoms with van der Waals surface area (Å²) in [6.45, 7) is 1.64. The topological polar surface area (TPSA) is 112 Å². The van der Waals surface area contributed by atoms with Crippen LogP contribution >= 0.6 is 0 Å². The van der Waals surface area contributed by atoms with Crippen molar-refractivity contribution in [2.24, 2.45) is 5.73 Å². The van der Waals surface area contributed by atoms with Crippen molar-refractivity contribution in [2.45, 2.75) is 18.9 Å². The number of hydrogen-bond donors (Lipinski definition) is 1. The van der Waals surface area contributed by atoms with Crippen molar-refractivity contribution < 1.29 is 19.1 Å². The number of primary amides is 1. The Balaban J connectivity index is 1.43. The van der Waals surface area contributed by atoms with E-state index in [-0.39, 0.29) is 23.3 Å². The molecule has 35 heavy (non-hydrogen) atoms. The normalized spacial score (nSPS) is 17.0. The van der Waals surface area contributed by atoms with Gasteiger partial charge in [-0.15, -0.1) is 0 Å². The molecule has 2 aromatic carbocycles. The summed E-state index contributed by atoms with van der Waals surface area (Å²) in [5.41, 5.74) is 8.60. The Kier molecular flexibility index (Phi) is 5.09. The quantitative estimate of drug-likeness (QED) is 0.491. The molecule has 9 heteroatoms. The van der Waals surface area contributed by atoms with Gasteiger partial charge in [-0.3, -0.25) is 14.0 Å². The van der Waals surface area contributed by atoms with Gasteiger partial charge in [0, 0.05) is 12.1 Å². The third-order valence-corrected chi connectivity index (χ3v) is 6.49. The number of rotatable bonds is 4. The molecule has 4 heterocycles. The zero-order valence-electron chi connectivity index (χ0n) is 18.9. The minimum absolute atomic E-state index is 0.0293. The molecule has 0 aliphatic carbocycles. The lowest BCUT2D eigenvalue weighted by Crippen LogP contribution is -2.32. The molecule has 0 spiro atoms. The Bertz CT molecular complexity index is 1450. The van der Waals surface area contributed by atoms with Crippen LogP contribution in [0.25, 0.3) is 16.9 Å². The second-order valence-electron chi connectivity index (χ2n) is 8.60. The fourth-order valence-corrected chi connectivity index (χ4v) is 4.84. The van der Waals surface area contributed by atoms with Crippen LogP contribution in [0.2, 0.25) is 0 Å². The molecule has 2 amide bonds. The maximum absolute atomic E-state index is 14.0. The molecule has 1 atom stereocenters. The van der Waals surface area contributed by atoms with Crippen LogP contribution in [-0.4, -0.2) is 50.8 Å². The van der Waals surface area contributed by atoms with Crippen LogP contribution in [0.15, 0.2) is 60.9 Å². The van der Waals surface area contributed by atoms with Crippen molar-refractivity contribution >= 4 is 17.5 Å². The summed E-state index contributed by atoms with van der Waals surface area (Å²) in [7, 11) is 0. The highest BCUT2D eigenvalue weighted by atomic mass is 16.6. The monoisotopic (exact) mass is 469 g/mol. The van der Waals surface area contributed by atoms with Crippen LogP contribution in [0.4, 0.5) is 0 Å². The average molecular weight is 470 g/mol. The molecular weight excluding hydrogens is 446 g/mol. The van der Waals surface area contributed by atoms with Gasteiger partial charge in [0.25, 0.3) is 11.8 Å². The second kappa shape index (κ2) is 8.43. The van der Waals surface area contributed by atoms with Gasteiger partial charge in [-0.2, -0.15) is 0 Å². The summed E-state index contributed by atoms with van der Waals surface area (Å²) in [6, 6.07) is 17.0. The van der Waals surface area contributed by atoms with Gasteiger partial charge in [-0.25, -0.2) is 9.97 Å². The first-order valence-corrected chi connectivity index (χ1v) is 11.5. The number of amides is 2. The molecule has 2 N–H and O–H groups in total. The molecule has 6 rings (SSSR count). The number of likely N-dealkylation sites (tertiary alicyclic amines) is 1. The molecule has 1 unspecified atom stereocenters. The van der Waals surface area contributed by atoms with Crippen molar-refractivity contribution in [1.82, 2.24) is 19.3 Å². The number of nitrogens with zero attached hydrogens (tertiary/aromatic N) is 4. The zero-order chi connectivity index (χ0) is 23.9. The van der Waals surface area contributed by atoms with Gasteiger partial charge in [0.2, 0.25) is 0 Å². The minimum Gasteiger partial charge on any atom is -0.486 e. The van der Waals surface area contributed by atoms with E-state index in [0.29, 0.717) is 36.9 Å². The van der Waals surface area contributed by atoms with Gasteiger partial charge in [0.1, 0.15) is 25.2 Å². The molecule has 2 aromatic heterocycles. The number of carbonyl (C=O) groups excluding carboxylic acids is 2. The lowest BCUT2D eigenvalue weighted by atomic mass is 10.0. The van der Waals surface area contributed by atoms with Gasteiger partial charge in [0.15, 0.2) is 22.8 Å². The summed E-state index contributed by atoms with van der Waals surface area (Å²) in [4.78, 5) is 36.6. The molecule has 2 aliphatic heterocycles. The van der Waals surface area contributed by atoms with E-state index in [2.05, 4.69) is 9.97 Å². The highest BCUT2D eigenvalue weighted by Gasteiger charge is 2.33. The molecule has 1 fully saturated rings. The Morgan fingerprint density at radius 2 is 1.80 bits per heavy atom. The molecule has 4 aromatic rings. The largest absolute Gasteiger partial charge is 0.486 e. The van der Waals surface area contributed by atoms with Gasteiger partial charge in [0.05, 0.1) is 11.7 Å². The lowest BCUT2D eigenvalue weighted by Gasteiger charge is -2.27. The van der Waals surface area contributed by atoms with E-state index in [9.17, 15) is 9.59 Å². The molecule has 0 saturated carbocycles.